The summed E-state index contributed by atoms with van der Waals surface area (Å²) in [6.07, 6.45) is 6.85. The lowest BCUT2D eigenvalue weighted by Crippen LogP contribution is -2.25. The van der Waals surface area contributed by atoms with Gasteiger partial charge in [-0.05, 0) is 43.2 Å². The molecule has 2 aromatic heterocycles. The van der Waals surface area contributed by atoms with Crippen molar-refractivity contribution in [2.45, 2.75) is 46.1 Å². The summed E-state index contributed by atoms with van der Waals surface area (Å²) in [5, 5.41) is 15.3. The number of carbonyl (C=O) groups is 1. The van der Waals surface area contributed by atoms with Crippen molar-refractivity contribution in [3.05, 3.63) is 11.9 Å². The smallest absolute Gasteiger partial charge is 0.302 e. The molecular weight excluding hydrogens is 326 g/mol. The Morgan fingerprint density at radius 3 is 2.52 bits per heavy atom. The zero-order valence-corrected chi connectivity index (χ0v) is 14.7. The highest BCUT2D eigenvalue weighted by Crippen LogP contribution is 2.16. The summed E-state index contributed by atoms with van der Waals surface area (Å²) in [4.78, 5) is 12.2. The van der Waals surface area contributed by atoms with E-state index in [2.05, 4.69) is 34.9 Å². The van der Waals surface area contributed by atoms with Gasteiger partial charge in [-0.25, -0.2) is 4.63 Å². The number of anilines is 1. The van der Waals surface area contributed by atoms with Gasteiger partial charge < -0.3 is 10.5 Å². The molecule has 0 saturated carbocycles. The fourth-order valence-corrected chi connectivity index (χ4v) is 2.61. The highest BCUT2D eigenvalue weighted by molar-refractivity contribution is 5.65. The molecule has 3 heterocycles. The Morgan fingerprint density at radius 1 is 1.28 bits per heavy atom. The second kappa shape index (κ2) is 9.72. The van der Waals surface area contributed by atoms with Crippen LogP contribution in [0.4, 0.5) is 5.82 Å². The van der Waals surface area contributed by atoms with E-state index in [4.69, 9.17) is 5.73 Å². The molecule has 2 aromatic rings. The Morgan fingerprint density at radius 2 is 2.00 bits per heavy atom. The first-order valence-electron chi connectivity index (χ1n) is 8.45. The first kappa shape index (κ1) is 18.8. The second-order valence-corrected chi connectivity index (χ2v) is 5.73. The van der Waals surface area contributed by atoms with E-state index in [0.29, 0.717) is 12.4 Å². The normalized spacial score (nSPS) is 15.1. The quantitative estimate of drug-likeness (QED) is 0.808. The predicted molar refractivity (Wildman–Crippen MR) is 89.7 cm³/mol. The third-order valence-corrected chi connectivity index (χ3v) is 3.75. The molecule has 0 bridgehead atoms. The molecule has 3 rings (SSSR count). The molecule has 1 aliphatic rings. The average Bonchev–Trinajstić information content (AvgIpc) is 3.10. The van der Waals surface area contributed by atoms with Crippen LogP contribution in [-0.4, -0.2) is 55.9 Å². The number of nitrogens with zero attached hydrogens (tertiary/aromatic N) is 6. The van der Waals surface area contributed by atoms with Crippen LogP contribution in [0.15, 0.2) is 10.8 Å². The summed E-state index contributed by atoms with van der Waals surface area (Å²) in [6.45, 7) is 6.66. The van der Waals surface area contributed by atoms with Gasteiger partial charge in [0.05, 0.1) is 18.5 Å². The van der Waals surface area contributed by atoms with Gasteiger partial charge >= 0.3 is 5.97 Å². The van der Waals surface area contributed by atoms with Crippen molar-refractivity contribution in [3.8, 4) is 5.82 Å². The Kier molecular flexibility index (Phi) is 7.33. The molecule has 0 spiro atoms. The topological polar surface area (TPSA) is 125 Å². The molecule has 1 saturated heterocycles. The third kappa shape index (κ3) is 5.82. The number of hydrogen-bond donors (Lipinski definition) is 1. The Labute approximate surface area is 146 Å². The number of carbonyl (C=O) groups excluding carboxylic acids is 1. The molecule has 0 aliphatic carbocycles. The van der Waals surface area contributed by atoms with E-state index in [-0.39, 0.29) is 11.8 Å². The van der Waals surface area contributed by atoms with Gasteiger partial charge in [-0.15, -0.1) is 5.10 Å². The number of rotatable bonds is 4. The van der Waals surface area contributed by atoms with Crippen molar-refractivity contribution < 1.29 is 14.2 Å². The molecular formula is C15H25N7O3. The number of ether oxygens (including phenoxy) is 1. The SMILES string of the molecule is CCOC(C)=O.Nc1nonc1-n1nncc1CN1CCCCCC1. The minimum Gasteiger partial charge on any atom is -0.466 e. The predicted octanol–water partition coefficient (Wildman–Crippen LogP) is 1.18. The fraction of sp³-hybridized carbons (Fsp3) is 0.667. The molecule has 0 atom stereocenters. The summed E-state index contributed by atoms with van der Waals surface area (Å²) >= 11 is 0. The molecule has 138 valence electrons. The van der Waals surface area contributed by atoms with Gasteiger partial charge in [0, 0.05) is 13.5 Å². The largest absolute Gasteiger partial charge is 0.466 e. The summed E-state index contributed by atoms with van der Waals surface area (Å²) in [5.41, 5.74) is 6.64. The van der Waals surface area contributed by atoms with Crippen LogP contribution in [0.1, 0.15) is 45.2 Å². The Hall–Kier alpha value is -2.49. The summed E-state index contributed by atoms with van der Waals surface area (Å²) in [5.74, 6) is 0.419. The first-order chi connectivity index (χ1) is 12.1. The molecule has 1 aliphatic heterocycles. The van der Waals surface area contributed by atoms with E-state index in [1.54, 1.807) is 17.8 Å². The van der Waals surface area contributed by atoms with Crippen molar-refractivity contribution in [1.29, 1.82) is 0 Å². The molecule has 2 N–H and O–H groups in total. The Balaban J connectivity index is 0.000000326. The molecule has 1 fully saturated rings. The van der Waals surface area contributed by atoms with E-state index in [1.165, 1.54) is 32.6 Å². The molecule has 10 nitrogen and oxygen atoms in total. The van der Waals surface area contributed by atoms with Gasteiger partial charge in [-0.2, -0.15) is 4.68 Å². The van der Waals surface area contributed by atoms with Crippen LogP contribution in [0.2, 0.25) is 0 Å². The standard InChI is InChI=1S/C11H17N7O.C4H8O2/c12-10-11(15-19-14-10)18-9(7-13-16-18)8-17-5-3-1-2-4-6-17;1-3-6-4(2)5/h7H,1-6,8H2,(H2,12,14);3H2,1-2H3. The highest BCUT2D eigenvalue weighted by Gasteiger charge is 2.17. The van der Waals surface area contributed by atoms with Gasteiger partial charge in [-0.3, -0.25) is 9.69 Å². The maximum atomic E-state index is 9.82. The van der Waals surface area contributed by atoms with Gasteiger partial charge in [0.15, 0.2) is 0 Å². The van der Waals surface area contributed by atoms with Crippen molar-refractivity contribution >= 4 is 11.8 Å². The fourth-order valence-electron chi connectivity index (χ4n) is 2.61. The minimum atomic E-state index is -0.211. The molecule has 0 aromatic carbocycles. The Bertz CT molecular complexity index is 647. The molecule has 10 heteroatoms. The van der Waals surface area contributed by atoms with Crippen LogP contribution < -0.4 is 5.73 Å². The third-order valence-electron chi connectivity index (χ3n) is 3.75. The minimum absolute atomic E-state index is 0.211. The lowest BCUT2D eigenvalue weighted by molar-refractivity contribution is -0.140. The average molecular weight is 351 g/mol. The number of esters is 1. The number of likely N-dealkylation sites (tertiary alicyclic amines) is 1. The first-order valence-corrected chi connectivity index (χ1v) is 8.45. The zero-order chi connectivity index (χ0) is 18.1. The van der Waals surface area contributed by atoms with E-state index >= 15 is 0 Å². The molecule has 0 amide bonds. The van der Waals surface area contributed by atoms with Crippen LogP contribution in [0.5, 0.6) is 0 Å². The van der Waals surface area contributed by atoms with Crippen LogP contribution in [0, 0.1) is 0 Å². The van der Waals surface area contributed by atoms with E-state index in [1.807, 2.05) is 0 Å². The lowest BCUT2D eigenvalue weighted by atomic mass is 10.2. The van der Waals surface area contributed by atoms with Crippen molar-refractivity contribution in [2.75, 3.05) is 25.4 Å². The number of aromatic nitrogens is 5. The van der Waals surface area contributed by atoms with E-state index < -0.39 is 0 Å². The lowest BCUT2D eigenvalue weighted by Gasteiger charge is -2.19. The molecule has 25 heavy (non-hydrogen) atoms. The van der Waals surface area contributed by atoms with Crippen molar-refractivity contribution in [2.24, 2.45) is 0 Å². The number of nitrogen functional groups attached to an aromatic ring is 1. The zero-order valence-electron chi connectivity index (χ0n) is 14.7. The van der Waals surface area contributed by atoms with Crippen LogP contribution >= 0.6 is 0 Å². The van der Waals surface area contributed by atoms with Gasteiger partial charge in [0.2, 0.25) is 11.6 Å². The van der Waals surface area contributed by atoms with Gasteiger partial charge in [-0.1, -0.05) is 18.1 Å². The summed E-state index contributed by atoms with van der Waals surface area (Å²) < 4.78 is 10.6. The maximum Gasteiger partial charge on any atom is 0.302 e. The maximum absolute atomic E-state index is 9.82. The van der Waals surface area contributed by atoms with Gasteiger partial charge in [0.1, 0.15) is 0 Å². The number of nitrogens with two attached hydrogens (primary N) is 1. The van der Waals surface area contributed by atoms with Crippen LogP contribution in [0.25, 0.3) is 5.82 Å². The van der Waals surface area contributed by atoms with E-state index in [0.717, 1.165) is 25.3 Å². The van der Waals surface area contributed by atoms with E-state index in [9.17, 15) is 4.79 Å². The highest BCUT2D eigenvalue weighted by atomic mass is 16.6. The van der Waals surface area contributed by atoms with Crippen LogP contribution in [0.3, 0.4) is 0 Å². The van der Waals surface area contributed by atoms with Gasteiger partial charge in [0.25, 0.3) is 0 Å². The van der Waals surface area contributed by atoms with Crippen molar-refractivity contribution in [1.82, 2.24) is 30.2 Å². The second-order valence-electron chi connectivity index (χ2n) is 5.73. The number of hydrogen-bond acceptors (Lipinski definition) is 9. The molecule has 0 unspecified atom stereocenters. The van der Waals surface area contributed by atoms with Crippen molar-refractivity contribution in [3.63, 3.8) is 0 Å². The molecule has 0 radical (unpaired) electrons. The van der Waals surface area contributed by atoms with Crippen LogP contribution in [-0.2, 0) is 16.1 Å². The summed E-state index contributed by atoms with van der Waals surface area (Å²) in [6, 6.07) is 0. The monoisotopic (exact) mass is 351 g/mol. The summed E-state index contributed by atoms with van der Waals surface area (Å²) in [7, 11) is 0.